The zero-order valence-electron chi connectivity index (χ0n) is 11.5. The third kappa shape index (κ3) is 1.95. The Balaban J connectivity index is 2.08. The monoisotopic (exact) mass is 273 g/mol. The third-order valence-electron chi connectivity index (χ3n) is 4.10. The minimum Gasteiger partial charge on any atom is -0.424 e. The number of fused-ring (bicyclic) bond motifs is 3. The zero-order chi connectivity index (χ0) is 13.4. The smallest absolute Gasteiger partial charge is 0.172 e. The molecule has 1 aromatic heterocycles. The summed E-state index contributed by atoms with van der Waals surface area (Å²) in [5.41, 5.74) is 3.49. The maximum absolute atomic E-state index is 12.7. The van der Waals surface area contributed by atoms with Crippen molar-refractivity contribution in [1.29, 1.82) is 0 Å². The number of aryl methyl sites for hydroxylation is 1. The number of hydrogen-bond donors (Lipinski definition) is 0. The molecule has 4 heteroatoms. The molecule has 0 fully saturated rings. The molecule has 0 saturated carbocycles. The molecule has 0 aliphatic heterocycles. The number of hydrogen-bond acceptors (Lipinski definition) is 2. The van der Waals surface area contributed by atoms with Crippen LogP contribution in [-0.4, -0.2) is 26.7 Å². The van der Waals surface area contributed by atoms with Gasteiger partial charge in [0.2, 0.25) is 0 Å². The summed E-state index contributed by atoms with van der Waals surface area (Å²) in [6.45, 7) is 2.74. The molecule has 0 bridgehead atoms. The van der Waals surface area contributed by atoms with Gasteiger partial charge in [0, 0.05) is 41.4 Å². The quantitative estimate of drug-likeness (QED) is 0.803. The zero-order valence-corrected chi connectivity index (χ0v) is 12.9. The second-order valence-electron chi connectivity index (χ2n) is 5.16. The van der Waals surface area contributed by atoms with E-state index in [-0.39, 0.29) is 5.54 Å². The van der Waals surface area contributed by atoms with Crippen LogP contribution in [0.4, 0.5) is 0 Å². The van der Waals surface area contributed by atoms with Crippen LogP contribution < -0.4 is 0 Å². The Bertz CT molecular complexity index is 632. The molecular weight excluding hydrogens is 254 g/mol. The minimum atomic E-state index is -0.737. The largest absolute Gasteiger partial charge is 0.424 e. The molecule has 100 valence electrons. The van der Waals surface area contributed by atoms with Crippen LogP contribution in [0.25, 0.3) is 10.9 Å². The van der Waals surface area contributed by atoms with Crippen LogP contribution in [0, 0.1) is 0 Å². The Hall–Kier alpha value is -1.39. The normalized spacial score (nSPS) is 19.5. The van der Waals surface area contributed by atoms with Gasteiger partial charge in [0.25, 0.3) is 0 Å². The molecule has 1 aliphatic carbocycles. The number of aromatic nitrogens is 1. The van der Waals surface area contributed by atoms with Gasteiger partial charge in [-0.3, -0.25) is 4.79 Å². The lowest BCUT2D eigenvalue weighted by Crippen LogP contribution is -2.24. The van der Waals surface area contributed by atoms with E-state index in [1.165, 1.54) is 11.2 Å². The maximum Gasteiger partial charge on any atom is 0.172 e. The van der Waals surface area contributed by atoms with Crippen molar-refractivity contribution in [3.63, 3.8) is 0 Å². The molecule has 0 radical (unpaired) electrons. The van der Waals surface area contributed by atoms with Crippen molar-refractivity contribution in [2.75, 3.05) is 6.61 Å². The van der Waals surface area contributed by atoms with Crippen molar-refractivity contribution in [3.8, 4) is 0 Å². The Labute approximate surface area is 115 Å². The van der Waals surface area contributed by atoms with Crippen LogP contribution in [0.15, 0.2) is 24.3 Å². The molecule has 1 unspecified atom stereocenters. The lowest BCUT2D eigenvalue weighted by Gasteiger charge is -2.21. The number of carbonyl (C=O) groups is 1. The van der Waals surface area contributed by atoms with Crippen LogP contribution in [-0.2, 0) is 17.9 Å². The highest BCUT2D eigenvalue weighted by Gasteiger charge is 2.32. The first-order chi connectivity index (χ1) is 9.24. The van der Waals surface area contributed by atoms with Crippen molar-refractivity contribution in [2.45, 2.75) is 25.3 Å². The van der Waals surface area contributed by atoms with E-state index in [0.29, 0.717) is 5.78 Å². The van der Waals surface area contributed by atoms with E-state index in [0.717, 1.165) is 30.4 Å². The van der Waals surface area contributed by atoms with Gasteiger partial charge in [0.1, 0.15) is 0 Å². The van der Waals surface area contributed by atoms with Gasteiger partial charge in [0.05, 0.1) is 0 Å². The fraction of sp³-hybridized carbons (Fsp3) is 0.400. The SMILES string of the molecule is CCO[SiH2]C1CCc2c(c3ccccc3n2C)C1=O. The molecule has 0 amide bonds. The van der Waals surface area contributed by atoms with E-state index < -0.39 is 9.76 Å². The first kappa shape index (κ1) is 12.6. The number of ketones is 1. The van der Waals surface area contributed by atoms with Gasteiger partial charge >= 0.3 is 0 Å². The molecule has 19 heavy (non-hydrogen) atoms. The number of Topliss-reactive ketones (excluding diaryl/α,β-unsaturated/α-hetero) is 1. The second kappa shape index (κ2) is 4.94. The summed E-state index contributed by atoms with van der Waals surface area (Å²) in [7, 11) is 1.33. The van der Waals surface area contributed by atoms with Crippen LogP contribution in [0.1, 0.15) is 29.4 Å². The molecule has 0 spiro atoms. The molecule has 1 atom stereocenters. The average molecular weight is 273 g/mol. The summed E-state index contributed by atoms with van der Waals surface area (Å²) in [6.07, 6.45) is 1.96. The van der Waals surface area contributed by atoms with E-state index >= 15 is 0 Å². The van der Waals surface area contributed by atoms with Gasteiger partial charge in [-0.05, 0) is 25.8 Å². The van der Waals surface area contributed by atoms with E-state index in [9.17, 15) is 4.79 Å². The Morgan fingerprint density at radius 1 is 1.42 bits per heavy atom. The predicted molar refractivity (Wildman–Crippen MR) is 79.5 cm³/mol. The number of para-hydroxylation sites is 1. The fourth-order valence-electron chi connectivity index (χ4n) is 3.08. The minimum absolute atomic E-state index is 0.165. The average Bonchev–Trinajstić information content (AvgIpc) is 2.73. The Morgan fingerprint density at radius 3 is 3.00 bits per heavy atom. The molecule has 1 heterocycles. The van der Waals surface area contributed by atoms with Crippen LogP contribution in [0.3, 0.4) is 0 Å². The van der Waals surface area contributed by atoms with Crippen molar-refractivity contribution >= 4 is 26.4 Å². The molecule has 0 saturated heterocycles. The topological polar surface area (TPSA) is 31.2 Å². The highest BCUT2D eigenvalue weighted by molar-refractivity contribution is 6.41. The number of nitrogens with zero attached hydrogens (tertiary/aromatic N) is 1. The fourth-order valence-corrected chi connectivity index (χ4v) is 4.33. The lowest BCUT2D eigenvalue weighted by atomic mass is 9.93. The van der Waals surface area contributed by atoms with Crippen LogP contribution >= 0.6 is 0 Å². The molecule has 0 N–H and O–H groups in total. The lowest BCUT2D eigenvalue weighted by molar-refractivity contribution is 0.0967. The summed E-state index contributed by atoms with van der Waals surface area (Å²) < 4.78 is 7.77. The van der Waals surface area contributed by atoms with E-state index in [4.69, 9.17) is 4.43 Å². The first-order valence-electron chi connectivity index (χ1n) is 6.92. The molecule has 1 aromatic carbocycles. The van der Waals surface area contributed by atoms with E-state index in [1.54, 1.807) is 0 Å². The summed E-state index contributed by atoms with van der Waals surface area (Å²) in [5.74, 6) is 0.318. The molecule has 3 nitrogen and oxygen atoms in total. The summed E-state index contributed by atoms with van der Waals surface area (Å²) in [5, 5.41) is 1.11. The summed E-state index contributed by atoms with van der Waals surface area (Å²) in [6, 6.07) is 8.21. The highest BCUT2D eigenvalue weighted by atomic mass is 28.2. The third-order valence-corrected chi connectivity index (χ3v) is 5.92. The molecular formula is C15H19NO2Si. The number of rotatable bonds is 3. The van der Waals surface area contributed by atoms with Crippen molar-refractivity contribution < 1.29 is 9.22 Å². The van der Waals surface area contributed by atoms with Crippen molar-refractivity contribution in [2.24, 2.45) is 7.05 Å². The van der Waals surface area contributed by atoms with Gasteiger partial charge < -0.3 is 8.99 Å². The maximum atomic E-state index is 12.7. The summed E-state index contributed by atoms with van der Waals surface area (Å²) in [4.78, 5) is 12.7. The molecule has 3 rings (SSSR count). The first-order valence-corrected chi connectivity index (χ1v) is 8.31. The number of benzene rings is 1. The predicted octanol–water partition coefficient (Wildman–Crippen LogP) is 2.22. The van der Waals surface area contributed by atoms with Gasteiger partial charge in [0.15, 0.2) is 15.5 Å². The summed E-state index contributed by atoms with van der Waals surface area (Å²) >= 11 is 0. The van der Waals surface area contributed by atoms with Crippen LogP contribution in [0.5, 0.6) is 0 Å². The van der Waals surface area contributed by atoms with E-state index in [2.05, 4.69) is 23.7 Å². The van der Waals surface area contributed by atoms with Gasteiger partial charge in [-0.1, -0.05) is 18.2 Å². The van der Waals surface area contributed by atoms with Crippen molar-refractivity contribution in [3.05, 3.63) is 35.5 Å². The number of carbonyl (C=O) groups excluding carboxylic acids is 1. The van der Waals surface area contributed by atoms with Crippen molar-refractivity contribution in [1.82, 2.24) is 4.57 Å². The molecule has 2 aromatic rings. The van der Waals surface area contributed by atoms with Crippen LogP contribution in [0.2, 0.25) is 5.54 Å². The molecule has 1 aliphatic rings. The second-order valence-corrected chi connectivity index (χ2v) is 6.88. The van der Waals surface area contributed by atoms with E-state index in [1.807, 2.05) is 19.1 Å². The highest BCUT2D eigenvalue weighted by Crippen LogP contribution is 2.35. The van der Waals surface area contributed by atoms with Gasteiger partial charge in [-0.15, -0.1) is 0 Å². The van der Waals surface area contributed by atoms with Gasteiger partial charge in [-0.25, -0.2) is 0 Å². The Morgan fingerprint density at radius 2 is 2.21 bits per heavy atom. The standard InChI is InChI=1S/C15H19NO2Si/c1-3-18-19-13-9-8-12-14(15(13)17)10-6-4-5-7-11(10)16(12)2/h4-7,13H,3,8-9,19H2,1-2H3. The van der Waals surface area contributed by atoms with Gasteiger partial charge in [-0.2, -0.15) is 0 Å². The Kier molecular flexibility index (Phi) is 3.29.